The normalized spacial score (nSPS) is 15.1. The molecule has 2 unspecified atom stereocenters. The van der Waals surface area contributed by atoms with E-state index in [1.807, 2.05) is 20.8 Å². The minimum absolute atomic E-state index is 0.0379. The third kappa shape index (κ3) is 7.33. The van der Waals surface area contributed by atoms with Gasteiger partial charge in [-0.1, -0.05) is 20.8 Å². The van der Waals surface area contributed by atoms with Gasteiger partial charge in [0.1, 0.15) is 0 Å². The second kappa shape index (κ2) is 7.65. The molecule has 0 bridgehead atoms. The molecule has 0 aromatic heterocycles. The summed E-state index contributed by atoms with van der Waals surface area (Å²) in [6, 6.07) is 0. The first kappa shape index (κ1) is 14.4. The number of aliphatic hydroxyl groups excluding tert-OH is 2. The van der Waals surface area contributed by atoms with Crippen LogP contribution in [0.5, 0.6) is 0 Å². The molecule has 2 N–H and O–H groups in total. The van der Waals surface area contributed by atoms with Gasteiger partial charge in [-0.05, 0) is 12.3 Å². The third-order valence-electron chi connectivity index (χ3n) is 2.15. The summed E-state index contributed by atoms with van der Waals surface area (Å²) in [4.78, 5) is 11.1. The van der Waals surface area contributed by atoms with Crippen molar-refractivity contribution in [3.05, 3.63) is 0 Å². The van der Waals surface area contributed by atoms with Crippen molar-refractivity contribution in [2.24, 2.45) is 5.92 Å². The molecule has 0 amide bonds. The molecule has 0 saturated carbocycles. The highest BCUT2D eigenvalue weighted by Crippen LogP contribution is 2.11. The number of carbonyl (C=O) groups excluding carboxylic acids is 1. The zero-order valence-electron chi connectivity index (χ0n) is 9.77. The zero-order valence-corrected chi connectivity index (χ0v) is 9.77. The monoisotopic (exact) mass is 218 g/mol. The van der Waals surface area contributed by atoms with Crippen molar-refractivity contribution < 1.29 is 19.7 Å². The van der Waals surface area contributed by atoms with Gasteiger partial charge in [-0.25, -0.2) is 0 Å². The van der Waals surface area contributed by atoms with Crippen molar-refractivity contribution in [3.63, 3.8) is 0 Å². The molecule has 0 aromatic rings. The second-order valence-corrected chi connectivity index (χ2v) is 4.13. The van der Waals surface area contributed by atoms with Gasteiger partial charge < -0.3 is 14.9 Å². The van der Waals surface area contributed by atoms with E-state index < -0.39 is 18.2 Å². The molecule has 0 aliphatic carbocycles. The van der Waals surface area contributed by atoms with E-state index in [1.54, 1.807) is 0 Å². The van der Waals surface area contributed by atoms with E-state index in [2.05, 4.69) is 0 Å². The van der Waals surface area contributed by atoms with E-state index in [4.69, 9.17) is 4.74 Å². The molecule has 0 rings (SSSR count). The molecule has 4 heteroatoms. The predicted octanol–water partition coefficient (Wildman–Crippen LogP) is 1.10. The fourth-order valence-electron chi connectivity index (χ4n) is 1.10. The molecule has 2 atom stereocenters. The summed E-state index contributed by atoms with van der Waals surface area (Å²) in [5.74, 6) is -0.313. The van der Waals surface area contributed by atoms with Crippen LogP contribution in [0.1, 0.15) is 40.0 Å². The molecule has 0 aromatic carbocycles. The van der Waals surface area contributed by atoms with Gasteiger partial charge >= 0.3 is 5.97 Å². The van der Waals surface area contributed by atoms with E-state index in [0.717, 1.165) is 6.42 Å². The lowest BCUT2D eigenvalue weighted by Crippen LogP contribution is -2.25. The lowest BCUT2D eigenvalue weighted by molar-refractivity contribution is -0.146. The fraction of sp³-hybridized carbons (Fsp3) is 0.909. The molecular weight excluding hydrogens is 196 g/mol. The Labute approximate surface area is 91.3 Å². The van der Waals surface area contributed by atoms with Crippen molar-refractivity contribution >= 4 is 5.97 Å². The Bertz CT molecular complexity index is 179. The Morgan fingerprint density at radius 2 is 1.93 bits per heavy atom. The van der Waals surface area contributed by atoms with Crippen LogP contribution in [0.25, 0.3) is 0 Å². The number of rotatable bonds is 7. The van der Waals surface area contributed by atoms with E-state index in [1.165, 1.54) is 0 Å². The van der Waals surface area contributed by atoms with Crippen molar-refractivity contribution in [3.8, 4) is 0 Å². The first-order chi connectivity index (χ1) is 6.97. The van der Waals surface area contributed by atoms with Crippen molar-refractivity contribution in [1.82, 2.24) is 0 Å². The Morgan fingerprint density at radius 1 is 1.33 bits per heavy atom. The highest BCUT2D eigenvalue weighted by molar-refractivity contribution is 5.69. The van der Waals surface area contributed by atoms with Crippen LogP contribution < -0.4 is 0 Å². The number of ether oxygens (including phenoxy) is 1. The summed E-state index contributed by atoms with van der Waals surface area (Å²) in [5.41, 5.74) is 0. The van der Waals surface area contributed by atoms with Crippen LogP contribution >= 0.6 is 0 Å². The van der Waals surface area contributed by atoms with Crippen LogP contribution in [0, 0.1) is 5.92 Å². The Kier molecular flexibility index (Phi) is 7.34. The molecule has 0 fully saturated rings. The zero-order chi connectivity index (χ0) is 11.8. The van der Waals surface area contributed by atoms with Crippen molar-refractivity contribution in [1.29, 1.82) is 0 Å². The van der Waals surface area contributed by atoms with Crippen LogP contribution in [0.15, 0.2) is 0 Å². The Morgan fingerprint density at radius 3 is 2.40 bits per heavy atom. The number of aliphatic hydroxyl groups is 2. The van der Waals surface area contributed by atoms with Gasteiger partial charge in [0.2, 0.25) is 0 Å². The van der Waals surface area contributed by atoms with E-state index in [9.17, 15) is 15.0 Å². The quantitative estimate of drug-likeness (QED) is 0.628. The lowest BCUT2D eigenvalue weighted by atomic mass is 10.00. The van der Waals surface area contributed by atoms with Crippen LogP contribution in [0.4, 0.5) is 0 Å². The first-order valence-corrected chi connectivity index (χ1v) is 5.49. The molecule has 0 spiro atoms. The number of carbonyl (C=O) groups is 1. The Hall–Kier alpha value is -0.610. The molecular formula is C11H22O4. The molecule has 0 radical (unpaired) electrons. The van der Waals surface area contributed by atoms with Crippen LogP contribution in [-0.2, 0) is 9.53 Å². The fourth-order valence-corrected chi connectivity index (χ4v) is 1.10. The van der Waals surface area contributed by atoms with Gasteiger partial charge in [0.05, 0.1) is 25.2 Å². The maximum absolute atomic E-state index is 11.1. The van der Waals surface area contributed by atoms with Crippen LogP contribution in [0.3, 0.4) is 0 Å². The van der Waals surface area contributed by atoms with E-state index >= 15 is 0 Å². The maximum Gasteiger partial charge on any atom is 0.308 e. The summed E-state index contributed by atoms with van der Waals surface area (Å²) in [6.07, 6.45) is -0.426. The summed E-state index contributed by atoms with van der Waals surface area (Å²) < 4.78 is 4.82. The van der Waals surface area contributed by atoms with Crippen molar-refractivity contribution in [2.45, 2.75) is 52.2 Å². The minimum Gasteiger partial charge on any atom is -0.466 e. The molecule has 15 heavy (non-hydrogen) atoms. The third-order valence-corrected chi connectivity index (χ3v) is 2.15. The minimum atomic E-state index is -0.813. The van der Waals surface area contributed by atoms with Gasteiger partial charge in [0, 0.05) is 6.42 Å². The number of hydrogen-bond donors (Lipinski definition) is 2. The number of hydrogen-bond acceptors (Lipinski definition) is 4. The Balaban J connectivity index is 3.72. The standard InChI is InChI=1S/C11H22O4/c1-4-5-15-11(14)7-9(12)6-10(13)8(2)3/h8-10,12-13H,4-7H2,1-3H3. The summed E-state index contributed by atoms with van der Waals surface area (Å²) in [7, 11) is 0. The summed E-state index contributed by atoms with van der Waals surface area (Å²) >= 11 is 0. The molecule has 4 nitrogen and oxygen atoms in total. The van der Waals surface area contributed by atoms with Gasteiger partial charge in [-0.15, -0.1) is 0 Å². The summed E-state index contributed by atoms with van der Waals surface area (Å²) in [5, 5.41) is 19.0. The topological polar surface area (TPSA) is 66.8 Å². The van der Waals surface area contributed by atoms with Gasteiger partial charge in [0.15, 0.2) is 0 Å². The highest BCUT2D eigenvalue weighted by atomic mass is 16.5. The van der Waals surface area contributed by atoms with Crippen LogP contribution in [0.2, 0.25) is 0 Å². The first-order valence-electron chi connectivity index (χ1n) is 5.49. The molecule has 0 saturated heterocycles. The molecule has 90 valence electrons. The molecule has 0 heterocycles. The predicted molar refractivity (Wildman–Crippen MR) is 57.3 cm³/mol. The highest BCUT2D eigenvalue weighted by Gasteiger charge is 2.18. The SMILES string of the molecule is CCCOC(=O)CC(O)CC(O)C(C)C. The molecule has 0 aliphatic heterocycles. The average Bonchev–Trinajstić information content (AvgIpc) is 2.14. The van der Waals surface area contributed by atoms with Crippen LogP contribution in [-0.4, -0.2) is 35.0 Å². The van der Waals surface area contributed by atoms with E-state index in [0.29, 0.717) is 6.61 Å². The number of esters is 1. The lowest BCUT2D eigenvalue weighted by Gasteiger charge is -2.17. The van der Waals surface area contributed by atoms with E-state index in [-0.39, 0.29) is 18.8 Å². The van der Waals surface area contributed by atoms with Gasteiger partial charge in [-0.3, -0.25) is 4.79 Å². The largest absolute Gasteiger partial charge is 0.466 e. The van der Waals surface area contributed by atoms with Gasteiger partial charge in [0.25, 0.3) is 0 Å². The average molecular weight is 218 g/mol. The molecule has 0 aliphatic rings. The smallest absolute Gasteiger partial charge is 0.308 e. The van der Waals surface area contributed by atoms with Crippen molar-refractivity contribution in [2.75, 3.05) is 6.61 Å². The maximum atomic E-state index is 11.1. The van der Waals surface area contributed by atoms with Gasteiger partial charge in [-0.2, -0.15) is 0 Å². The summed E-state index contributed by atoms with van der Waals surface area (Å²) in [6.45, 7) is 6.03. The second-order valence-electron chi connectivity index (χ2n) is 4.13.